The van der Waals surface area contributed by atoms with Crippen LogP contribution in [0.3, 0.4) is 0 Å². The number of nitrogens with one attached hydrogen (secondary N) is 3. The number of halogens is 2. The maximum Gasteiger partial charge on any atom is 0.677 e. The number of aromatic nitrogens is 1. The van der Waals surface area contributed by atoms with Crippen LogP contribution in [0.5, 0.6) is 0 Å². The molecule has 1 atom stereocenters. The summed E-state index contributed by atoms with van der Waals surface area (Å²) in [5.41, 5.74) is 2.66. The first-order valence-corrected chi connectivity index (χ1v) is 16.0. The SMILES string of the molecule is C[NH+]=C(C)C=C(C)C(C)=Cc1ccc(CCC(=O)N[C@H](/C=C/CC(=O)NC2CC(C)(C)N(O)C(C)(C)C2)CC(C)C)n1B(F)F. The van der Waals surface area contributed by atoms with Gasteiger partial charge < -0.3 is 20.3 Å². The van der Waals surface area contributed by atoms with Crippen molar-refractivity contribution in [3.05, 3.63) is 52.9 Å². The molecule has 250 valence electrons. The highest BCUT2D eigenvalue weighted by molar-refractivity contribution is 6.41. The van der Waals surface area contributed by atoms with E-state index in [1.807, 2.05) is 67.7 Å². The molecule has 0 saturated carbocycles. The average molecular weight is 631 g/mol. The molecule has 2 rings (SSSR count). The number of carbonyl (C=O) groups excluding carboxylic acids is 2. The molecule has 2 amide bonds. The predicted molar refractivity (Wildman–Crippen MR) is 179 cm³/mol. The third kappa shape index (κ3) is 11.7. The molecule has 0 unspecified atom stereocenters. The van der Waals surface area contributed by atoms with Gasteiger partial charge in [0.15, 0.2) is 5.71 Å². The lowest BCUT2D eigenvalue weighted by Gasteiger charge is -2.51. The summed E-state index contributed by atoms with van der Waals surface area (Å²) in [6.07, 6.45) is 9.66. The Morgan fingerprint density at radius 3 is 2.27 bits per heavy atom. The minimum absolute atomic E-state index is 0.0564. The van der Waals surface area contributed by atoms with Crippen molar-refractivity contribution in [2.75, 3.05) is 7.05 Å². The molecule has 0 bridgehead atoms. The maximum absolute atomic E-state index is 14.1. The fraction of sp³-hybridized carbons (Fsp3) is 0.618. The molecule has 1 aliphatic rings. The van der Waals surface area contributed by atoms with Crippen molar-refractivity contribution in [1.29, 1.82) is 0 Å². The van der Waals surface area contributed by atoms with Gasteiger partial charge in [-0.25, -0.2) is 4.99 Å². The number of carbonyl (C=O) groups is 2. The predicted octanol–water partition coefficient (Wildman–Crippen LogP) is 4.72. The van der Waals surface area contributed by atoms with Gasteiger partial charge >= 0.3 is 7.40 Å². The molecule has 0 aromatic carbocycles. The number of hydroxylamine groups is 2. The molecule has 1 saturated heterocycles. The molecule has 1 aromatic rings. The van der Waals surface area contributed by atoms with E-state index in [4.69, 9.17) is 0 Å². The normalized spacial score (nSPS) is 18.8. The minimum atomic E-state index is -2.73. The number of piperidine rings is 1. The van der Waals surface area contributed by atoms with Crippen molar-refractivity contribution in [2.24, 2.45) is 5.92 Å². The number of amides is 2. The van der Waals surface area contributed by atoms with Gasteiger partial charge in [-0.15, -0.1) is 0 Å². The highest BCUT2D eigenvalue weighted by atomic mass is 19.2. The van der Waals surface area contributed by atoms with Crippen LogP contribution in [-0.4, -0.2) is 69.9 Å². The number of rotatable bonds is 14. The van der Waals surface area contributed by atoms with Crippen molar-refractivity contribution in [1.82, 2.24) is 20.2 Å². The molecule has 0 spiro atoms. The molecule has 8 nitrogen and oxygen atoms in total. The number of aryl methyl sites for hydroxylation is 1. The van der Waals surface area contributed by atoms with Crippen LogP contribution in [-0.2, 0) is 16.0 Å². The van der Waals surface area contributed by atoms with Crippen LogP contribution in [0, 0.1) is 5.92 Å². The first kappa shape index (κ1) is 38.1. The molecule has 2 heterocycles. The van der Waals surface area contributed by atoms with Gasteiger partial charge in [-0.05, 0) is 102 Å². The quantitative estimate of drug-likeness (QED) is 0.104. The van der Waals surface area contributed by atoms with Crippen molar-refractivity contribution in [2.45, 2.75) is 124 Å². The van der Waals surface area contributed by atoms with Crippen LogP contribution in [0.2, 0.25) is 0 Å². The van der Waals surface area contributed by atoms with Crippen LogP contribution >= 0.6 is 0 Å². The van der Waals surface area contributed by atoms with Crippen molar-refractivity contribution in [3.63, 3.8) is 0 Å². The van der Waals surface area contributed by atoms with Gasteiger partial charge in [-0.2, -0.15) is 5.06 Å². The molecule has 11 heteroatoms. The average Bonchev–Trinajstić information content (AvgIpc) is 3.32. The summed E-state index contributed by atoms with van der Waals surface area (Å²) < 4.78 is 29.2. The summed E-state index contributed by atoms with van der Waals surface area (Å²) in [6.45, 7) is 17.7. The highest BCUT2D eigenvalue weighted by Gasteiger charge is 2.45. The number of hydrogen-bond acceptors (Lipinski definition) is 4. The van der Waals surface area contributed by atoms with E-state index in [1.54, 1.807) is 24.3 Å². The highest BCUT2D eigenvalue weighted by Crippen LogP contribution is 2.36. The van der Waals surface area contributed by atoms with Crippen LogP contribution in [0.25, 0.3) is 6.08 Å². The van der Waals surface area contributed by atoms with Gasteiger partial charge in [-0.3, -0.25) is 18.2 Å². The number of hydrogen-bond donors (Lipinski definition) is 4. The smallest absolute Gasteiger partial charge is 0.353 e. The molecular weight excluding hydrogens is 575 g/mol. The summed E-state index contributed by atoms with van der Waals surface area (Å²) in [5.74, 6) is -0.0534. The Morgan fingerprint density at radius 1 is 1.09 bits per heavy atom. The van der Waals surface area contributed by atoms with Crippen LogP contribution in [0.15, 0.2) is 41.5 Å². The molecule has 0 radical (unpaired) electrons. The Morgan fingerprint density at radius 2 is 1.71 bits per heavy atom. The maximum atomic E-state index is 14.1. The van der Waals surface area contributed by atoms with E-state index < -0.39 is 18.5 Å². The monoisotopic (exact) mass is 630 g/mol. The van der Waals surface area contributed by atoms with Crippen molar-refractivity contribution >= 4 is 31.0 Å². The molecular formula is C34H55BF2N5O3+. The van der Waals surface area contributed by atoms with E-state index in [0.717, 1.165) is 21.3 Å². The standard InChI is InChI=1S/C34H54BF2N5O3/c1-23(2)18-27(12-11-13-31(43)40-28-21-33(6,7)42(45)34(8,9)22-28)39-32(44)17-16-29-14-15-30(41(29)35(36)37)20-25(4)24(3)19-26(5)38-10/h11-12,14-15,19-20,23,27-28,45H,13,16-18,21-22H2,1-10H3,(H,39,44)(H,40,43)/p+1/b12-11+,24-19?,25-20?,38-26?/t27-/m1/s1. The fourth-order valence-corrected chi connectivity index (χ4v) is 6.13. The molecule has 1 aromatic heterocycles. The first-order chi connectivity index (χ1) is 20.9. The summed E-state index contributed by atoms with van der Waals surface area (Å²) in [4.78, 5) is 28.7. The van der Waals surface area contributed by atoms with Gasteiger partial charge in [0.1, 0.15) is 7.05 Å². The molecule has 1 aliphatic heterocycles. The first-order valence-electron chi connectivity index (χ1n) is 16.0. The van der Waals surface area contributed by atoms with E-state index in [9.17, 15) is 23.4 Å². The molecule has 45 heavy (non-hydrogen) atoms. The molecule has 1 fully saturated rings. The zero-order valence-corrected chi connectivity index (χ0v) is 28.9. The van der Waals surface area contributed by atoms with E-state index >= 15 is 0 Å². The summed E-state index contributed by atoms with van der Waals surface area (Å²) >= 11 is 0. The van der Waals surface area contributed by atoms with E-state index in [0.29, 0.717) is 36.6 Å². The van der Waals surface area contributed by atoms with Gasteiger partial charge in [0.25, 0.3) is 0 Å². The molecule has 0 aliphatic carbocycles. The number of nitrogens with zero attached hydrogens (tertiary/aromatic N) is 2. The second-order valence-corrected chi connectivity index (χ2v) is 14.0. The van der Waals surface area contributed by atoms with Crippen molar-refractivity contribution in [3.8, 4) is 0 Å². The Balaban J connectivity index is 2.02. The lowest BCUT2D eigenvalue weighted by molar-refractivity contribution is -0.419. The van der Waals surface area contributed by atoms with Gasteiger partial charge in [0, 0.05) is 60.4 Å². The van der Waals surface area contributed by atoms with Crippen LogP contribution in [0.4, 0.5) is 8.63 Å². The molecule has 4 N–H and O–H groups in total. The van der Waals surface area contributed by atoms with Gasteiger partial charge in [-0.1, -0.05) is 26.0 Å². The fourth-order valence-electron chi connectivity index (χ4n) is 6.13. The Labute approximate surface area is 269 Å². The van der Waals surface area contributed by atoms with E-state index in [2.05, 4.69) is 29.5 Å². The summed E-state index contributed by atoms with van der Waals surface area (Å²) in [6, 6.07) is 2.98. The topological polar surface area (TPSA) is 101 Å². The Hall–Kier alpha value is -3.05. The summed E-state index contributed by atoms with van der Waals surface area (Å²) in [7, 11) is -0.905. The lowest BCUT2D eigenvalue weighted by atomic mass is 9.79. The van der Waals surface area contributed by atoms with E-state index in [-0.39, 0.29) is 43.2 Å². The van der Waals surface area contributed by atoms with Crippen LogP contribution in [0.1, 0.15) is 106 Å². The Kier molecular flexibility index (Phi) is 14.0. The minimum Gasteiger partial charge on any atom is -0.353 e. The zero-order chi connectivity index (χ0) is 34.1. The third-order valence-electron chi connectivity index (χ3n) is 8.40. The van der Waals surface area contributed by atoms with Gasteiger partial charge in [0.05, 0.1) is 0 Å². The van der Waals surface area contributed by atoms with Crippen molar-refractivity contribution < 1.29 is 28.4 Å². The lowest BCUT2D eigenvalue weighted by Crippen LogP contribution is -2.66. The second-order valence-electron chi connectivity index (χ2n) is 14.0. The zero-order valence-electron chi connectivity index (χ0n) is 28.9. The third-order valence-corrected chi connectivity index (χ3v) is 8.40. The van der Waals surface area contributed by atoms with Crippen LogP contribution < -0.4 is 15.6 Å². The second kappa shape index (κ2) is 16.5. The largest absolute Gasteiger partial charge is 0.677 e. The Bertz CT molecular complexity index is 1280. The van der Waals surface area contributed by atoms with Gasteiger partial charge in [0.2, 0.25) is 11.8 Å². The number of allylic oxidation sites excluding steroid dienone is 3. The summed E-state index contributed by atoms with van der Waals surface area (Å²) in [5, 5.41) is 18.0. The van der Waals surface area contributed by atoms with E-state index in [1.165, 1.54) is 5.06 Å².